The van der Waals surface area contributed by atoms with Gasteiger partial charge in [-0.3, -0.25) is 0 Å². The van der Waals surface area contributed by atoms with Crippen molar-refractivity contribution in [3.63, 3.8) is 0 Å². The zero-order chi connectivity index (χ0) is 11.5. The van der Waals surface area contributed by atoms with Gasteiger partial charge in [0.05, 0.1) is 0 Å². The third-order valence-electron chi connectivity index (χ3n) is 3.24. The fourth-order valence-corrected chi connectivity index (χ4v) is 2.30. The van der Waals surface area contributed by atoms with Gasteiger partial charge in [0.1, 0.15) is 0 Å². The summed E-state index contributed by atoms with van der Waals surface area (Å²) in [6.45, 7) is 1.71. The lowest BCUT2D eigenvalue weighted by molar-refractivity contribution is -0.132. The highest BCUT2D eigenvalue weighted by molar-refractivity contribution is 5.96. The summed E-state index contributed by atoms with van der Waals surface area (Å²) in [5.74, 6) is -0.799. The van der Waals surface area contributed by atoms with Gasteiger partial charge in [0, 0.05) is 5.57 Å². The largest absolute Gasteiger partial charge is 0.478 e. The maximum absolute atomic E-state index is 11.1. The number of benzene rings is 1. The van der Waals surface area contributed by atoms with Gasteiger partial charge < -0.3 is 5.11 Å². The maximum atomic E-state index is 11.1. The molecule has 2 heteroatoms. The van der Waals surface area contributed by atoms with Crippen molar-refractivity contribution in [2.75, 3.05) is 0 Å². The zero-order valence-corrected chi connectivity index (χ0v) is 9.49. The van der Waals surface area contributed by atoms with Crippen LogP contribution in [-0.2, 0) is 11.2 Å². The minimum Gasteiger partial charge on any atom is -0.478 e. The number of hydrogen-bond acceptors (Lipinski definition) is 1. The highest BCUT2D eigenvalue weighted by atomic mass is 16.4. The SMILES string of the molecule is CC(C(=O)O)=C1CCCCc2ccccc21. The molecule has 0 amide bonds. The third kappa shape index (κ3) is 2.01. The molecule has 1 aromatic carbocycles. The predicted molar refractivity (Wildman–Crippen MR) is 64.2 cm³/mol. The van der Waals surface area contributed by atoms with Gasteiger partial charge in [-0.25, -0.2) is 4.79 Å². The molecule has 0 bridgehead atoms. The molecule has 16 heavy (non-hydrogen) atoms. The van der Waals surface area contributed by atoms with E-state index in [0.717, 1.165) is 36.8 Å². The van der Waals surface area contributed by atoms with E-state index in [1.807, 2.05) is 18.2 Å². The number of hydrogen-bond donors (Lipinski definition) is 1. The molecular formula is C14H16O2. The standard InChI is InChI=1S/C14H16O2/c1-10(14(15)16)12-8-4-2-6-11-7-3-5-9-13(11)12/h3,5,7,9H,2,4,6,8H2,1H3,(H,15,16). The highest BCUT2D eigenvalue weighted by Gasteiger charge is 2.16. The van der Waals surface area contributed by atoms with Gasteiger partial charge in [-0.1, -0.05) is 24.3 Å². The second-order valence-corrected chi connectivity index (χ2v) is 4.27. The average molecular weight is 216 g/mol. The second kappa shape index (κ2) is 4.52. The molecular weight excluding hydrogens is 200 g/mol. The molecule has 0 heterocycles. The van der Waals surface area contributed by atoms with E-state index in [1.165, 1.54) is 5.56 Å². The van der Waals surface area contributed by atoms with E-state index < -0.39 is 5.97 Å². The quantitative estimate of drug-likeness (QED) is 0.578. The molecule has 0 aliphatic heterocycles. The summed E-state index contributed by atoms with van der Waals surface area (Å²) in [4.78, 5) is 11.1. The van der Waals surface area contributed by atoms with Crippen molar-refractivity contribution < 1.29 is 9.90 Å². The van der Waals surface area contributed by atoms with E-state index in [1.54, 1.807) is 6.92 Å². The van der Waals surface area contributed by atoms with Crippen LogP contribution < -0.4 is 0 Å². The number of aryl methyl sites for hydroxylation is 1. The molecule has 0 fully saturated rings. The van der Waals surface area contributed by atoms with Gasteiger partial charge in [-0.15, -0.1) is 0 Å². The molecule has 1 N–H and O–H groups in total. The van der Waals surface area contributed by atoms with Crippen LogP contribution in [-0.4, -0.2) is 11.1 Å². The Morgan fingerprint density at radius 3 is 2.62 bits per heavy atom. The van der Waals surface area contributed by atoms with Crippen molar-refractivity contribution in [1.82, 2.24) is 0 Å². The van der Waals surface area contributed by atoms with Crippen LogP contribution in [0.1, 0.15) is 37.3 Å². The van der Waals surface area contributed by atoms with Crippen LogP contribution in [0, 0.1) is 0 Å². The van der Waals surface area contributed by atoms with E-state index >= 15 is 0 Å². The molecule has 2 rings (SSSR count). The Bertz CT molecular complexity index is 444. The molecule has 0 spiro atoms. The molecule has 0 atom stereocenters. The Kier molecular flexibility index (Phi) is 3.09. The van der Waals surface area contributed by atoms with E-state index in [4.69, 9.17) is 5.11 Å². The van der Waals surface area contributed by atoms with Crippen LogP contribution in [0.2, 0.25) is 0 Å². The molecule has 1 aliphatic carbocycles. The maximum Gasteiger partial charge on any atom is 0.331 e. The monoisotopic (exact) mass is 216 g/mol. The number of allylic oxidation sites excluding steroid dienone is 1. The molecule has 0 aromatic heterocycles. The summed E-state index contributed by atoms with van der Waals surface area (Å²) in [5, 5.41) is 9.09. The summed E-state index contributed by atoms with van der Waals surface area (Å²) < 4.78 is 0. The molecule has 84 valence electrons. The number of carbonyl (C=O) groups is 1. The van der Waals surface area contributed by atoms with E-state index in [2.05, 4.69) is 6.07 Å². The van der Waals surface area contributed by atoms with Gasteiger partial charge >= 0.3 is 5.97 Å². The first-order valence-corrected chi connectivity index (χ1v) is 5.71. The Morgan fingerprint density at radius 2 is 1.88 bits per heavy atom. The summed E-state index contributed by atoms with van der Waals surface area (Å²) in [6.07, 6.45) is 4.17. The number of aliphatic carboxylic acids is 1. The van der Waals surface area contributed by atoms with Crippen LogP contribution in [0.3, 0.4) is 0 Å². The zero-order valence-electron chi connectivity index (χ0n) is 9.49. The van der Waals surface area contributed by atoms with Crippen LogP contribution in [0.15, 0.2) is 29.8 Å². The Labute approximate surface area is 95.6 Å². The lowest BCUT2D eigenvalue weighted by Gasteiger charge is -2.10. The molecule has 2 nitrogen and oxygen atoms in total. The van der Waals surface area contributed by atoms with Gasteiger partial charge in [0.25, 0.3) is 0 Å². The molecule has 0 saturated heterocycles. The Morgan fingerprint density at radius 1 is 1.19 bits per heavy atom. The number of fused-ring (bicyclic) bond motifs is 1. The summed E-state index contributed by atoms with van der Waals surface area (Å²) >= 11 is 0. The van der Waals surface area contributed by atoms with E-state index in [0.29, 0.717) is 5.57 Å². The summed E-state index contributed by atoms with van der Waals surface area (Å²) in [5.41, 5.74) is 3.94. The van der Waals surface area contributed by atoms with Crippen LogP contribution in [0.25, 0.3) is 5.57 Å². The van der Waals surface area contributed by atoms with Crippen molar-refractivity contribution in [3.8, 4) is 0 Å². The summed E-state index contributed by atoms with van der Waals surface area (Å²) in [7, 11) is 0. The van der Waals surface area contributed by atoms with Crippen molar-refractivity contribution in [2.24, 2.45) is 0 Å². The van der Waals surface area contributed by atoms with Gasteiger partial charge in [-0.05, 0) is 49.3 Å². The fraction of sp³-hybridized carbons (Fsp3) is 0.357. The van der Waals surface area contributed by atoms with Gasteiger partial charge in [0.15, 0.2) is 0 Å². The molecule has 0 saturated carbocycles. The molecule has 0 unspecified atom stereocenters. The molecule has 1 aromatic rings. The first-order valence-electron chi connectivity index (χ1n) is 5.71. The molecule has 1 aliphatic rings. The normalized spacial score (nSPS) is 18.6. The highest BCUT2D eigenvalue weighted by Crippen LogP contribution is 2.31. The van der Waals surface area contributed by atoms with Gasteiger partial charge in [-0.2, -0.15) is 0 Å². The smallest absolute Gasteiger partial charge is 0.331 e. The lowest BCUT2D eigenvalue weighted by atomic mass is 9.95. The number of rotatable bonds is 1. The van der Waals surface area contributed by atoms with Crippen LogP contribution in [0.5, 0.6) is 0 Å². The molecule has 0 radical (unpaired) electrons. The topological polar surface area (TPSA) is 37.3 Å². The first-order chi connectivity index (χ1) is 7.70. The van der Waals surface area contributed by atoms with Crippen molar-refractivity contribution in [1.29, 1.82) is 0 Å². The number of carboxylic acid groups (broad SMARTS) is 1. The van der Waals surface area contributed by atoms with Crippen LogP contribution in [0.4, 0.5) is 0 Å². The van der Waals surface area contributed by atoms with E-state index in [-0.39, 0.29) is 0 Å². The van der Waals surface area contributed by atoms with Gasteiger partial charge in [0.2, 0.25) is 0 Å². The van der Waals surface area contributed by atoms with Crippen molar-refractivity contribution in [2.45, 2.75) is 32.6 Å². The Hall–Kier alpha value is -1.57. The second-order valence-electron chi connectivity index (χ2n) is 4.27. The lowest BCUT2D eigenvalue weighted by Crippen LogP contribution is -2.01. The summed E-state index contributed by atoms with van der Waals surface area (Å²) in [6, 6.07) is 8.16. The number of carboxylic acids is 1. The fourth-order valence-electron chi connectivity index (χ4n) is 2.30. The average Bonchev–Trinajstić information content (AvgIpc) is 2.50. The Balaban J connectivity index is 2.56. The third-order valence-corrected chi connectivity index (χ3v) is 3.24. The predicted octanol–water partition coefficient (Wildman–Crippen LogP) is 3.27. The van der Waals surface area contributed by atoms with E-state index in [9.17, 15) is 4.79 Å². The van der Waals surface area contributed by atoms with Crippen LogP contribution >= 0.6 is 0 Å². The minimum atomic E-state index is -0.799. The van der Waals surface area contributed by atoms with Crippen molar-refractivity contribution >= 4 is 11.5 Å². The van der Waals surface area contributed by atoms with Crippen molar-refractivity contribution in [3.05, 3.63) is 41.0 Å². The first kappa shape index (κ1) is 10.9. The minimum absolute atomic E-state index is 0.495.